The molecule has 2 nitrogen and oxygen atoms in total. The maximum Gasteiger partial charge on any atom is 0.0316 e. The molecule has 0 unspecified atom stereocenters. The molecule has 15 heavy (non-hydrogen) atoms. The van der Waals surface area contributed by atoms with Crippen molar-refractivity contribution in [2.45, 2.75) is 25.3 Å². The van der Waals surface area contributed by atoms with E-state index < -0.39 is 0 Å². The van der Waals surface area contributed by atoms with Crippen molar-refractivity contribution in [1.82, 2.24) is 4.90 Å². The number of rotatable bonds is 3. The van der Waals surface area contributed by atoms with Gasteiger partial charge in [0.2, 0.25) is 0 Å². The lowest BCUT2D eigenvalue weighted by Gasteiger charge is -2.25. The van der Waals surface area contributed by atoms with Gasteiger partial charge in [-0.3, -0.25) is 4.90 Å². The molecule has 2 bridgehead atoms. The van der Waals surface area contributed by atoms with Crippen molar-refractivity contribution in [3.63, 3.8) is 0 Å². The minimum atomic E-state index is 0.887. The Hall–Kier alpha value is -1.02. The third kappa shape index (κ3) is 1.74. The molecule has 80 valence electrons. The van der Waals surface area contributed by atoms with Gasteiger partial charge in [0, 0.05) is 24.8 Å². The topological polar surface area (TPSA) is 29.3 Å². The van der Waals surface area contributed by atoms with Crippen LogP contribution in [0, 0.1) is 5.92 Å². The molecule has 2 saturated heterocycles. The lowest BCUT2D eigenvalue weighted by atomic mass is 9.86. The number of benzene rings is 1. The fraction of sp³-hybridized carbons (Fsp3) is 0.538. The largest absolute Gasteiger partial charge is 0.399 e. The highest BCUT2D eigenvalue weighted by atomic mass is 15.2. The first-order valence-corrected chi connectivity index (χ1v) is 5.90. The monoisotopic (exact) mass is 202 g/mol. The van der Waals surface area contributed by atoms with Gasteiger partial charge in [0.25, 0.3) is 0 Å². The highest BCUT2D eigenvalue weighted by Gasteiger charge is 2.41. The first-order chi connectivity index (χ1) is 7.31. The molecule has 0 aromatic heterocycles. The fourth-order valence-electron chi connectivity index (χ4n) is 2.92. The van der Waals surface area contributed by atoms with Crippen LogP contribution in [0.25, 0.3) is 0 Å². The quantitative estimate of drug-likeness (QED) is 0.759. The van der Waals surface area contributed by atoms with Crippen molar-refractivity contribution in [2.24, 2.45) is 5.92 Å². The third-order valence-corrected chi connectivity index (χ3v) is 3.86. The molecule has 0 amide bonds. The summed E-state index contributed by atoms with van der Waals surface area (Å²) in [5, 5.41) is 0. The number of hydrogen-bond donors (Lipinski definition) is 1. The molecule has 2 heteroatoms. The van der Waals surface area contributed by atoms with Crippen LogP contribution in [-0.2, 0) is 6.42 Å². The Morgan fingerprint density at radius 3 is 2.87 bits per heavy atom. The second kappa shape index (κ2) is 3.53. The van der Waals surface area contributed by atoms with E-state index in [1.807, 2.05) is 6.07 Å². The molecule has 2 aliphatic heterocycles. The summed E-state index contributed by atoms with van der Waals surface area (Å²) in [5.74, 6) is 1.02. The molecule has 1 aliphatic carbocycles. The van der Waals surface area contributed by atoms with Gasteiger partial charge in [-0.15, -0.1) is 0 Å². The summed E-state index contributed by atoms with van der Waals surface area (Å²) in [7, 11) is 0. The molecule has 0 radical (unpaired) electrons. The maximum atomic E-state index is 5.76. The first-order valence-electron chi connectivity index (χ1n) is 5.90. The van der Waals surface area contributed by atoms with Crippen LogP contribution in [0.2, 0.25) is 0 Å². The number of nitrogens with zero attached hydrogens (tertiary/aromatic N) is 1. The number of fused-ring (bicyclic) bond motifs is 1. The predicted octanol–water partition coefficient (Wildman–Crippen LogP) is 1.91. The Morgan fingerprint density at radius 2 is 2.20 bits per heavy atom. The fourth-order valence-corrected chi connectivity index (χ4v) is 2.92. The minimum absolute atomic E-state index is 0.887. The molecule has 0 atom stereocenters. The third-order valence-electron chi connectivity index (χ3n) is 3.86. The number of nitrogens with two attached hydrogens (primary N) is 1. The normalized spacial score (nSPS) is 29.1. The zero-order valence-corrected chi connectivity index (χ0v) is 9.02. The van der Waals surface area contributed by atoms with E-state index in [4.69, 9.17) is 5.73 Å². The highest BCUT2D eigenvalue weighted by molar-refractivity contribution is 5.40. The molecule has 1 aromatic carbocycles. The summed E-state index contributed by atoms with van der Waals surface area (Å²) in [4.78, 5) is 2.65. The van der Waals surface area contributed by atoms with Crippen LogP contribution < -0.4 is 5.73 Å². The Kier molecular flexibility index (Phi) is 2.17. The van der Waals surface area contributed by atoms with Crippen LogP contribution >= 0.6 is 0 Å². The van der Waals surface area contributed by atoms with Gasteiger partial charge in [-0.1, -0.05) is 12.1 Å². The number of hydrogen-bond acceptors (Lipinski definition) is 2. The van der Waals surface area contributed by atoms with E-state index in [2.05, 4.69) is 23.1 Å². The molecular formula is C13H18N2. The molecule has 0 spiro atoms. The summed E-state index contributed by atoms with van der Waals surface area (Å²) in [5.41, 5.74) is 8.03. The highest BCUT2D eigenvalue weighted by Crippen LogP contribution is 2.40. The minimum Gasteiger partial charge on any atom is -0.399 e. The van der Waals surface area contributed by atoms with Gasteiger partial charge in [-0.05, 0) is 42.9 Å². The van der Waals surface area contributed by atoms with Crippen LogP contribution in [0.4, 0.5) is 5.69 Å². The maximum absolute atomic E-state index is 5.76. The van der Waals surface area contributed by atoms with Crippen molar-refractivity contribution in [3.05, 3.63) is 29.8 Å². The van der Waals surface area contributed by atoms with Crippen LogP contribution in [0.5, 0.6) is 0 Å². The molecule has 3 aliphatic rings. The van der Waals surface area contributed by atoms with E-state index in [0.717, 1.165) is 24.1 Å². The van der Waals surface area contributed by atoms with Gasteiger partial charge in [0.15, 0.2) is 0 Å². The zero-order valence-electron chi connectivity index (χ0n) is 9.02. The number of nitrogen functional groups attached to an aromatic ring is 1. The predicted molar refractivity (Wildman–Crippen MR) is 62.6 cm³/mol. The van der Waals surface area contributed by atoms with Crippen molar-refractivity contribution >= 4 is 5.69 Å². The Morgan fingerprint density at radius 1 is 1.33 bits per heavy atom. The van der Waals surface area contributed by atoms with Crippen LogP contribution in [0.3, 0.4) is 0 Å². The zero-order chi connectivity index (χ0) is 10.3. The lowest BCUT2D eigenvalue weighted by Crippen LogP contribution is -2.30. The molecule has 1 aromatic rings. The first kappa shape index (κ1) is 9.22. The van der Waals surface area contributed by atoms with Gasteiger partial charge in [0.1, 0.15) is 0 Å². The van der Waals surface area contributed by atoms with E-state index in [1.54, 1.807) is 0 Å². The van der Waals surface area contributed by atoms with E-state index >= 15 is 0 Å². The van der Waals surface area contributed by atoms with Gasteiger partial charge < -0.3 is 5.73 Å². The Labute approximate surface area is 91.1 Å². The molecule has 2 heterocycles. The second-order valence-corrected chi connectivity index (χ2v) is 4.98. The van der Waals surface area contributed by atoms with Crippen molar-refractivity contribution < 1.29 is 0 Å². The summed E-state index contributed by atoms with van der Waals surface area (Å²) in [6, 6.07) is 9.19. The number of anilines is 1. The summed E-state index contributed by atoms with van der Waals surface area (Å²) < 4.78 is 0. The van der Waals surface area contributed by atoms with E-state index in [-0.39, 0.29) is 0 Å². The molecular weight excluding hydrogens is 184 g/mol. The van der Waals surface area contributed by atoms with Gasteiger partial charge in [0.05, 0.1) is 0 Å². The van der Waals surface area contributed by atoms with Crippen molar-refractivity contribution in [1.29, 1.82) is 0 Å². The van der Waals surface area contributed by atoms with Crippen molar-refractivity contribution in [2.75, 3.05) is 18.8 Å². The Balaban J connectivity index is 1.57. The van der Waals surface area contributed by atoms with Gasteiger partial charge in [-0.25, -0.2) is 0 Å². The summed E-state index contributed by atoms with van der Waals surface area (Å²) in [6.07, 6.45) is 4.06. The molecule has 1 saturated carbocycles. The molecule has 3 fully saturated rings. The van der Waals surface area contributed by atoms with Gasteiger partial charge >= 0.3 is 0 Å². The lowest BCUT2D eigenvalue weighted by molar-refractivity contribution is 0.249. The van der Waals surface area contributed by atoms with E-state index in [0.29, 0.717) is 0 Å². The average molecular weight is 202 g/mol. The smallest absolute Gasteiger partial charge is 0.0316 e. The van der Waals surface area contributed by atoms with Crippen LogP contribution in [-0.4, -0.2) is 24.0 Å². The van der Waals surface area contributed by atoms with E-state index in [9.17, 15) is 0 Å². The SMILES string of the molecule is Nc1cccc(CCN2CC3CC2C3)c1. The summed E-state index contributed by atoms with van der Waals surface area (Å²) in [6.45, 7) is 2.55. The molecule has 4 rings (SSSR count). The Bertz CT molecular complexity index is 355. The van der Waals surface area contributed by atoms with Gasteiger partial charge in [-0.2, -0.15) is 0 Å². The van der Waals surface area contributed by atoms with Crippen LogP contribution in [0.1, 0.15) is 18.4 Å². The molecule has 2 N–H and O–H groups in total. The average Bonchev–Trinajstić information content (AvgIpc) is 2.72. The standard InChI is InChI=1S/C13H18N2/c14-12-3-1-2-10(6-12)4-5-15-9-11-7-13(15)8-11/h1-3,6,11,13H,4-5,7-9,14H2. The van der Waals surface area contributed by atoms with E-state index in [1.165, 1.54) is 31.5 Å². The second-order valence-electron chi connectivity index (χ2n) is 4.98. The summed E-state index contributed by atoms with van der Waals surface area (Å²) >= 11 is 0. The van der Waals surface area contributed by atoms with Crippen LogP contribution in [0.15, 0.2) is 24.3 Å². The van der Waals surface area contributed by atoms with Crippen molar-refractivity contribution in [3.8, 4) is 0 Å².